The maximum Gasteiger partial charge on any atom is 0.118 e. The van der Waals surface area contributed by atoms with E-state index in [1.165, 1.54) is 11.3 Å². The first-order valence-corrected chi connectivity index (χ1v) is 7.98. The first kappa shape index (κ1) is 15.8. The van der Waals surface area contributed by atoms with Gasteiger partial charge in [-0.3, -0.25) is 9.58 Å². The number of ether oxygens (including phenoxy) is 1. The van der Waals surface area contributed by atoms with Crippen LogP contribution < -0.4 is 4.74 Å². The molecular formula is C18H23N3O2. The number of benzene rings is 1. The SMILES string of the molecule is COc1ccc(C=CCN2CCCn3nc(CO)cc3C2)cc1. The molecule has 5 nitrogen and oxygen atoms in total. The molecule has 1 aromatic carbocycles. The van der Waals surface area contributed by atoms with Gasteiger partial charge in [-0.2, -0.15) is 5.10 Å². The van der Waals surface area contributed by atoms with Crippen LogP contribution in [0.2, 0.25) is 0 Å². The van der Waals surface area contributed by atoms with E-state index >= 15 is 0 Å². The summed E-state index contributed by atoms with van der Waals surface area (Å²) in [5.74, 6) is 0.877. The molecule has 2 aromatic rings. The standard InChI is InChI=1S/C18H23N3O2/c1-23-18-7-5-15(6-8-18)4-2-9-20-10-3-11-21-17(13-20)12-16(14-22)19-21/h2,4-8,12,22H,3,9-11,13-14H2,1H3. The van der Waals surface area contributed by atoms with E-state index in [4.69, 9.17) is 4.74 Å². The van der Waals surface area contributed by atoms with Gasteiger partial charge in [0.2, 0.25) is 0 Å². The zero-order valence-electron chi connectivity index (χ0n) is 13.5. The van der Waals surface area contributed by atoms with Crippen LogP contribution in [0.4, 0.5) is 0 Å². The minimum absolute atomic E-state index is 0.0113. The number of methoxy groups -OCH3 is 1. The number of aryl methyl sites for hydroxylation is 1. The molecule has 0 saturated heterocycles. The summed E-state index contributed by atoms with van der Waals surface area (Å²) in [6.45, 7) is 3.78. The summed E-state index contributed by atoms with van der Waals surface area (Å²) in [4.78, 5) is 2.40. The number of hydrogen-bond acceptors (Lipinski definition) is 4. The molecule has 122 valence electrons. The average molecular weight is 313 g/mol. The zero-order valence-corrected chi connectivity index (χ0v) is 13.5. The second-order valence-corrected chi connectivity index (χ2v) is 5.77. The van der Waals surface area contributed by atoms with Crippen molar-refractivity contribution >= 4 is 6.08 Å². The summed E-state index contributed by atoms with van der Waals surface area (Å²) in [6.07, 6.45) is 5.41. The monoisotopic (exact) mass is 313 g/mol. The maximum absolute atomic E-state index is 9.22. The molecule has 0 amide bonds. The van der Waals surface area contributed by atoms with Crippen molar-refractivity contribution in [3.63, 3.8) is 0 Å². The van der Waals surface area contributed by atoms with Gasteiger partial charge < -0.3 is 9.84 Å². The molecule has 0 aliphatic carbocycles. The molecule has 1 aliphatic rings. The molecule has 2 heterocycles. The summed E-state index contributed by atoms with van der Waals surface area (Å²) in [5.41, 5.74) is 3.12. The van der Waals surface area contributed by atoms with Gasteiger partial charge in [-0.1, -0.05) is 24.3 Å². The van der Waals surface area contributed by atoms with Gasteiger partial charge >= 0.3 is 0 Å². The highest BCUT2D eigenvalue weighted by Gasteiger charge is 2.15. The largest absolute Gasteiger partial charge is 0.497 e. The van der Waals surface area contributed by atoms with Gasteiger partial charge in [-0.25, -0.2) is 0 Å². The van der Waals surface area contributed by atoms with Gasteiger partial charge in [-0.15, -0.1) is 0 Å². The van der Waals surface area contributed by atoms with Gasteiger partial charge in [0.25, 0.3) is 0 Å². The normalized spacial score (nSPS) is 15.6. The lowest BCUT2D eigenvalue weighted by Gasteiger charge is -2.17. The Morgan fingerprint density at radius 1 is 1.26 bits per heavy atom. The van der Waals surface area contributed by atoms with Crippen LogP contribution in [0.3, 0.4) is 0 Å². The molecule has 0 radical (unpaired) electrons. The highest BCUT2D eigenvalue weighted by Crippen LogP contribution is 2.15. The lowest BCUT2D eigenvalue weighted by atomic mass is 10.2. The van der Waals surface area contributed by atoms with Crippen LogP contribution in [0.5, 0.6) is 5.75 Å². The van der Waals surface area contributed by atoms with Crippen molar-refractivity contribution in [3.8, 4) is 5.75 Å². The Morgan fingerprint density at radius 3 is 2.83 bits per heavy atom. The number of nitrogens with zero attached hydrogens (tertiary/aromatic N) is 3. The Hall–Kier alpha value is -2.11. The van der Waals surface area contributed by atoms with Crippen LogP contribution in [-0.2, 0) is 19.7 Å². The topological polar surface area (TPSA) is 50.5 Å². The first-order valence-electron chi connectivity index (χ1n) is 7.98. The lowest BCUT2D eigenvalue weighted by molar-refractivity contribution is 0.274. The van der Waals surface area contributed by atoms with E-state index in [0.717, 1.165) is 44.0 Å². The number of aliphatic hydroxyl groups excluding tert-OH is 1. The smallest absolute Gasteiger partial charge is 0.118 e. The molecule has 0 spiro atoms. The maximum atomic E-state index is 9.22. The van der Waals surface area contributed by atoms with Crippen LogP contribution >= 0.6 is 0 Å². The molecule has 5 heteroatoms. The van der Waals surface area contributed by atoms with E-state index in [9.17, 15) is 5.11 Å². The Bertz CT molecular complexity index is 661. The fourth-order valence-electron chi connectivity index (χ4n) is 2.87. The van der Waals surface area contributed by atoms with Gasteiger partial charge in [0.15, 0.2) is 0 Å². The Kier molecular flexibility index (Phi) is 5.10. The van der Waals surface area contributed by atoms with E-state index in [1.807, 2.05) is 22.9 Å². The molecule has 1 N–H and O–H groups in total. The Morgan fingerprint density at radius 2 is 2.09 bits per heavy atom. The summed E-state index contributed by atoms with van der Waals surface area (Å²) < 4.78 is 7.20. The number of aromatic nitrogens is 2. The quantitative estimate of drug-likeness (QED) is 0.920. The molecule has 0 bridgehead atoms. The fourth-order valence-corrected chi connectivity index (χ4v) is 2.87. The molecule has 1 aliphatic heterocycles. The molecular weight excluding hydrogens is 290 g/mol. The van der Waals surface area contributed by atoms with E-state index < -0.39 is 0 Å². The van der Waals surface area contributed by atoms with Crippen molar-refractivity contribution < 1.29 is 9.84 Å². The van der Waals surface area contributed by atoms with Crippen LogP contribution in [0.1, 0.15) is 23.4 Å². The highest BCUT2D eigenvalue weighted by molar-refractivity contribution is 5.50. The predicted octanol–water partition coefficient (Wildman–Crippen LogP) is 2.30. The molecule has 0 unspecified atom stereocenters. The molecule has 3 rings (SSSR count). The Labute approximate surface area is 136 Å². The van der Waals surface area contributed by atoms with Crippen molar-refractivity contribution in [2.24, 2.45) is 0 Å². The molecule has 0 fully saturated rings. The number of aliphatic hydroxyl groups is 1. The zero-order chi connectivity index (χ0) is 16.1. The van der Waals surface area contributed by atoms with Crippen molar-refractivity contribution in [2.75, 3.05) is 20.2 Å². The van der Waals surface area contributed by atoms with E-state index in [2.05, 4.69) is 34.3 Å². The van der Waals surface area contributed by atoms with Gasteiger partial charge in [0.1, 0.15) is 5.75 Å². The molecule has 23 heavy (non-hydrogen) atoms. The van der Waals surface area contributed by atoms with Crippen molar-refractivity contribution in [1.82, 2.24) is 14.7 Å². The first-order chi connectivity index (χ1) is 11.3. The minimum atomic E-state index is 0.0113. The Balaban J connectivity index is 1.60. The van der Waals surface area contributed by atoms with Crippen molar-refractivity contribution in [2.45, 2.75) is 26.1 Å². The molecule has 0 atom stereocenters. The summed E-state index contributed by atoms with van der Waals surface area (Å²) >= 11 is 0. The predicted molar refractivity (Wildman–Crippen MR) is 90.1 cm³/mol. The number of hydrogen-bond donors (Lipinski definition) is 1. The van der Waals surface area contributed by atoms with Gasteiger partial charge in [-0.05, 0) is 30.2 Å². The van der Waals surface area contributed by atoms with Crippen LogP contribution in [0.15, 0.2) is 36.4 Å². The number of fused-ring (bicyclic) bond motifs is 1. The summed E-state index contributed by atoms with van der Waals surface area (Å²) in [7, 11) is 1.68. The second-order valence-electron chi connectivity index (χ2n) is 5.77. The van der Waals surface area contributed by atoms with Crippen LogP contribution in [0.25, 0.3) is 6.08 Å². The fraction of sp³-hybridized carbons (Fsp3) is 0.389. The third kappa shape index (κ3) is 4.00. The molecule has 1 aromatic heterocycles. The van der Waals surface area contributed by atoms with Gasteiger partial charge in [0, 0.05) is 26.2 Å². The van der Waals surface area contributed by atoms with E-state index in [1.54, 1.807) is 7.11 Å². The van der Waals surface area contributed by atoms with Gasteiger partial charge in [0.05, 0.1) is 25.1 Å². The third-order valence-electron chi connectivity index (χ3n) is 4.10. The van der Waals surface area contributed by atoms with E-state index in [-0.39, 0.29) is 6.61 Å². The van der Waals surface area contributed by atoms with E-state index in [0.29, 0.717) is 0 Å². The summed E-state index contributed by atoms with van der Waals surface area (Å²) in [5, 5.41) is 13.6. The lowest BCUT2D eigenvalue weighted by Crippen LogP contribution is -2.23. The second kappa shape index (κ2) is 7.44. The average Bonchev–Trinajstić information content (AvgIpc) is 2.87. The van der Waals surface area contributed by atoms with Crippen LogP contribution in [0, 0.1) is 0 Å². The third-order valence-corrected chi connectivity index (χ3v) is 4.10. The number of rotatable bonds is 5. The molecule has 0 saturated carbocycles. The highest BCUT2D eigenvalue weighted by atomic mass is 16.5. The van der Waals surface area contributed by atoms with Crippen LogP contribution in [-0.4, -0.2) is 40.0 Å². The summed E-state index contributed by atoms with van der Waals surface area (Å²) in [6, 6.07) is 10.1. The van der Waals surface area contributed by atoms with Crippen molar-refractivity contribution in [1.29, 1.82) is 0 Å². The minimum Gasteiger partial charge on any atom is -0.497 e. The van der Waals surface area contributed by atoms with Crippen molar-refractivity contribution in [3.05, 3.63) is 53.4 Å².